The number of ether oxygens (including phenoxy) is 3. The molecule has 1 heterocycles. The Morgan fingerprint density at radius 2 is 2.16 bits per heavy atom. The molecule has 2 rings (SSSR count). The molecule has 0 spiro atoms. The molecule has 1 unspecified atom stereocenters. The minimum atomic E-state index is -0.273. The minimum absolute atomic E-state index is 0.203. The van der Waals surface area contributed by atoms with Gasteiger partial charge in [0, 0.05) is 6.54 Å². The molecule has 104 valence electrons. The molecule has 0 aliphatic carbocycles. The fourth-order valence-electron chi connectivity index (χ4n) is 1.93. The fourth-order valence-corrected chi connectivity index (χ4v) is 1.93. The van der Waals surface area contributed by atoms with Crippen molar-refractivity contribution < 1.29 is 19.0 Å². The van der Waals surface area contributed by atoms with E-state index in [0.717, 1.165) is 17.1 Å². The highest BCUT2D eigenvalue weighted by Crippen LogP contribution is 2.32. The molecule has 0 fully saturated rings. The van der Waals surface area contributed by atoms with Crippen LogP contribution >= 0.6 is 0 Å². The Balaban J connectivity index is 1.92. The number of hydrogen-bond donors (Lipinski definition) is 1. The van der Waals surface area contributed by atoms with Crippen LogP contribution in [0.5, 0.6) is 11.5 Å². The SMILES string of the molecule is CCOC(=O)C(CC)NCc1ccc2c(c1)OCO2. The predicted octanol–water partition coefficient (Wildman–Crippen LogP) is 1.85. The first kappa shape index (κ1) is 13.7. The summed E-state index contributed by atoms with van der Waals surface area (Å²) in [5.41, 5.74) is 1.05. The van der Waals surface area contributed by atoms with Crippen molar-refractivity contribution >= 4 is 5.97 Å². The van der Waals surface area contributed by atoms with Crippen molar-refractivity contribution in [2.24, 2.45) is 0 Å². The lowest BCUT2D eigenvalue weighted by Crippen LogP contribution is -2.37. The van der Waals surface area contributed by atoms with Gasteiger partial charge >= 0.3 is 5.97 Å². The third kappa shape index (κ3) is 3.38. The van der Waals surface area contributed by atoms with Crippen LogP contribution < -0.4 is 14.8 Å². The van der Waals surface area contributed by atoms with E-state index in [9.17, 15) is 4.79 Å². The molecule has 1 N–H and O–H groups in total. The Labute approximate surface area is 112 Å². The van der Waals surface area contributed by atoms with E-state index in [2.05, 4.69) is 5.32 Å². The lowest BCUT2D eigenvalue weighted by molar-refractivity contribution is -0.145. The molecule has 5 nitrogen and oxygen atoms in total. The number of benzene rings is 1. The van der Waals surface area contributed by atoms with Crippen LogP contribution in [-0.2, 0) is 16.1 Å². The molecular formula is C14H19NO4. The van der Waals surface area contributed by atoms with Crippen LogP contribution in [0.3, 0.4) is 0 Å². The molecule has 19 heavy (non-hydrogen) atoms. The molecule has 0 saturated heterocycles. The number of carbonyl (C=O) groups is 1. The second-order valence-corrected chi connectivity index (χ2v) is 4.28. The third-order valence-electron chi connectivity index (χ3n) is 2.97. The maximum absolute atomic E-state index is 11.7. The largest absolute Gasteiger partial charge is 0.465 e. The van der Waals surface area contributed by atoms with Crippen molar-refractivity contribution in [1.29, 1.82) is 0 Å². The normalized spacial score (nSPS) is 14.2. The number of fused-ring (bicyclic) bond motifs is 1. The van der Waals surface area contributed by atoms with E-state index in [4.69, 9.17) is 14.2 Å². The Morgan fingerprint density at radius 1 is 1.37 bits per heavy atom. The first-order valence-electron chi connectivity index (χ1n) is 6.53. The standard InChI is InChI=1S/C14H19NO4/c1-3-11(14(16)17-4-2)15-8-10-5-6-12-13(7-10)19-9-18-12/h5-7,11,15H,3-4,8-9H2,1-2H3. The monoisotopic (exact) mass is 265 g/mol. The van der Waals surface area contributed by atoms with Crippen LogP contribution in [-0.4, -0.2) is 25.4 Å². The second-order valence-electron chi connectivity index (χ2n) is 4.28. The van der Waals surface area contributed by atoms with Crippen molar-refractivity contribution in [3.8, 4) is 11.5 Å². The van der Waals surface area contributed by atoms with E-state index < -0.39 is 0 Å². The van der Waals surface area contributed by atoms with Crippen LogP contribution in [0.2, 0.25) is 0 Å². The highest BCUT2D eigenvalue weighted by Gasteiger charge is 2.18. The van der Waals surface area contributed by atoms with Crippen molar-refractivity contribution in [2.75, 3.05) is 13.4 Å². The molecule has 1 aromatic rings. The second kappa shape index (κ2) is 6.43. The van der Waals surface area contributed by atoms with Crippen LogP contribution in [0.15, 0.2) is 18.2 Å². The first-order chi connectivity index (χ1) is 9.24. The van der Waals surface area contributed by atoms with Gasteiger partial charge in [-0.05, 0) is 31.0 Å². The van der Waals surface area contributed by atoms with Crippen molar-refractivity contribution in [1.82, 2.24) is 5.32 Å². The highest BCUT2D eigenvalue weighted by atomic mass is 16.7. The Kier molecular flexibility index (Phi) is 4.63. The zero-order valence-corrected chi connectivity index (χ0v) is 11.3. The van der Waals surface area contributed by atoms with Crippen molar-refractivity contribution in [3.05, 3.63) is 23.8 Å². The van der Waals surface area contributed by atoms with Gasteiger partial charge in [0.05, 0.1) is 6.61 Å². The number of esters is 1. The van der Waals surface area contributed by atoms with Crippen LogP contribution in [0, 0.1) is 0 Å². The Hall–Kier alpha value is -1.75. The predicted molar refractivity (Wildman–Crippen MR) is 70.1 cm³/mol. The van der Waals surface area contributed by atoms with Gasteiger partial charge in [0.1, 0.15) is 6.04 Å². The molecule has 1 aliphatic heterocycles. The Bertz CT molecular complexity index is 447. The van der Waals surface area contributed by atoms with E-state index in [1.165, 1.54) is 0 Å². The summed E-state index contributed by atoms with van der Waals surface area (Å²) < 4.78 is 15.6. The third-order valence-corrected chi connectivity index (χ3v) is 2.97. The van der Waals surface area contributed by atoms with Crippen LogP contribution in [0.25, 0.3) is 0 Å². The maximum atomic E-state index is 11.7. The van der Waals surface area contributed by atoms with Gasteiger partial charge in [0.15, 0.2) is 11.5 Å². The summed E-state index contributed by atoms with van der Waals surface area (Å²) in [5, 5.41) is 3.19. The molecule has 1 aliphatic rings. The molecule has 0 amide bonds. The van der Waals surface area contributed by atoms with E-state index in [0.29, 0.717) is 19.6 Å². The number of nitrogens with one attached hydrogen (secondary N) is 1. The zero-order valence-electron chi connectivity index (χ0n) is 11.3. The van der Waals surface area contributed by atoms with Gasteiger partial charge in [-0.1, -0.05) is 13.0 Å². The quantitative estimate of drug-likeness (QED) is 0.795. The summed E-state index contributed by atoms with van der Waals surface area (Å²) in [6.07, 6.45) is 0.698. The van der Waals surface area contributed by atoms with Crippen molar-refractivity contribution in [3.63, 3.8) is 0 Å². The molecule has 1 aromatic carbocycles. The van der Waals surface area contributed by atoms with Gasteiger partial charge in [-0.3, -0.25) is 4.79 Å². The minimum Gasteiger partial charge on any atom is -0.465 e. The molecule has 5 heteroatoms. The fraction of sp³-hybridized carbons (Fsp3) is 0.500. The zero-order chi connectivity index (χ0) is 13.7. The van der Waals surface area contributed by atoms with Crippen molar-refractivity contribution in [2.45, 2.75) is 32.9 Å². The lowest BCUT2D eigenvalue weighted by atomic mass is 10.1. The average Bonchev–Trinajstić information content (AvgIpc) is 2.87. The average molecular weight is 265 g/mol. The molecule has 0 saturated carbocycles. The van der Waals surface area contributed by atoms with Gasteiger partial charge in [0.25, 0.3) is 0 Å². The number of hydrogen-bond acceptors (Lipinski definition) is 5. The summed E-state index contributed by atoms with van der Waals surface area (Å²) in [7, 11) is 0. The van der Waals surface area contributed by atoms with Crippen LogP contribution in [0.1, 0.15) is 25.8 Å². The number of carbonyl (C=O) groups excluding carboxylic acids is 1. The molecule has 1 atom stereocenters. The topological polar surface area (TPSA) is 56.8 Å². The highest BCUT2D eigenvalue weighted by molar-refractivity contribution is 5.75. The molecule has 0 bridgehead atoms. The van der Waals surface area contributed by atoms with Gasteiger partial charge < -0.3 is 19.5 Å². The van der Waals surface area contributed by atoms with E-state index in [1.54, 1.807) is 0 Å². The maximum Gasteiger partial charge on any atom is 0.323 e. The molecule has 0 radical (unpaired) electrons. The Morgan fingerprint density at radius 3 is 2.89 bits per heavy atom. The summed E-state index contributed by atoms with van der Waals surface area (Å²) in [5.74, 6) is 1.32. The molecule has 0 aromatic heterocycles. The van der Waals surface area contributed by atoms with E-state index >= 15 is 0 Å². The van der Waals surface area contributed by atoms with Gasteiger partial charge in [-0.15, -0.1) is 0 Å². The lowest BCUT2D eigenvalue weighted by Gasteiger charge is -2.15. The van der Waals surface area contributed by atoms with Gasteiger partial charge in [-0.2, -0.15) is 0 Å². The summed E-state index contributed by atoms with van der Waals surface area (Å²) in [6.45, 7) is 5.03. The van der Waals surface area contributed by atoms with E-state index in [1.807, 2.05) is 32.0 Å². The number of rotatable bonds is 6. The smallest absolute Gasteiger partial charge is 0.323 e. The molecular weight excluding hydrogens is 246 g/mol. The van der Waals surface area contributed by atoms with Gasteiger partial charge in [0.2, 0.25) is 6.79 Å². The van der Waals surface area contributed by atoms with E-state index in [-0.39, 0.29) is 18.8 Å². The van der Waals surface area contributed by atoms with Crippen LogP contribution in [0.4, 0.5) is 0 Å². The summed E-state index contributed by atoms with van der Waals surface area (Å²) in [4.78, 5) is 11.7. The summed E-state index contributed by atoms with van der Waals surface area (Å²) >= 11 is 0. The van der Waals surface area contributed by atoms with Gasteiger partial charge in [-0.25, -0.2) is 0 Å². The first-order valence-corrected chi connectivity index (χ1v) is 6.53. The summed E-state index contributed by atoms with van der Waals surface area (Å²) in [6, 6.07) is 5.49.